The molecule has 180 valence electrons. The standard InChI is InChI=1S/C24H34N4O5/c1-5-6-12-25-24(33)26-17(16-10-8-7-9-11-16)13-18(29)27-20(14(2)3)21(30)19-15(4)22(31)28-23(19)32/h7-11,14-15,17,19-20H,5-6,12-13H2,1-4H3,(H,27,29)(H2,25,26,33)(H,28,31,32)/t15-,17?,19+,20-/m0/s1. The third kappa shape index (κ3) is 7.13. The van der Waals surface area contributed by atoms with Gasteiger partial charge in [0, 0.05) is 6.54 Å². The average molecular weight is 459 g/mol. The third-order valence-electron chi connectivity index (χ3n) is 5.75. The van der Waals surface area contributed by atoms with Gasteiger partial charge in [0.15, 0.2) is 5.78 Å². The van der Waals surface area contributed by atoms with Gasteiger partial charge in [-0.1, -0.05) is 64.4 Å². The summed E-state index contributed by atoms with van der Waals surface area (Å²) in [6.45, 7) is 7.59. The maximum absolute atomic E-state index is 13.1. The van der Waals surface area contributed by atoms with Crippen LogP contribution in [0.15, 0.2) is 30.3 Å². The number of urea groups is 1. The molecular weight excluding hydrogens is 424 g/mol. The Labute approximate surface area is 194 Å². The minimum Gasteiger partial charge on any atom is -0.346 e. The van der Waals surface area contributed by atoms with Gasteiger partial charge in [-0.05, 0) is 17.9 Å². The van der Waals surface area contributed by atoms with Crippen molar-refractivity contribution in [3.63, 3.8) is 0 Å². The van der Waals surface area contributed by atoms with Crippen LogP contribution in [-0.4, -0.2) is 42.1 Å². The van der Waals surface area contributed by atoms with Crippen molar-refractivity contribution in [2.24, 2.45) is 17.8 Å². The second-order valence-electron chi connectivity index (χ2n) is 8.73. The van der Waals surface area contributed by atoms with Crippen LogP contribution in [0, 0.1) is 17.8 Å². The summed E-state index contributed by atoms with van der Waals surface area (Å²) >= 11 is 0. The van der Waals surface area contributed by atoms with Crippen molar-refractivity contribution in [2.75, 3.05) is 6.54 Å². The minimum atomic E-state index is -1.13. The van der Waals surface area contributed by atoms with Crippen molar-refractivity contribution in [3.8, 4) is 0 Å². The highest BCUT2D eigenvalue weighted by molar-refractivity contribution is 6.16. The van der Waals surface area contributed by atoms with Gasteiger partial charge in [0.25, 0.3) is 0 Å². The van der Waals surface area contributed by atoms with Gasteiger partial charge in [-0.3, -0.25) is 24.5 Å². The summed E-state index contributed by atoms with van der Waals surface area (Å²) in [5, 5.41) is 10.5. The van der Waals surface area contributed by atoms with Crippen LogP contribution >= 0.6 is 0 Å². The van der Waals surface area contributed by atoms with Crippen LogP contribution in [0.4, 0.5) is 4.79 Å². The predicted octanol–water partition coefficient (Wildman–Crippen LogP) is 1.84. The van der Waals surface area contributed by atoms with Crippen molar-refractivity contribution in [3.05, 3.63) is 35.9 Å². The lowest BCUT2D eigenvalue weighted by Gasteiger charge is -2.26. The monoisotopic (exact) mass is 458 g/mol. The molecule has 1 unspecified atom stereocenters. The highest BCUT2D eigenvalue weighted by Crippen LogP contribution is 2.24. The first-order valence-electron chi connectivity index (χ1n) is 11.4. The van der Waals surface area contributed by atoms with Crippen molar-refractivity contribution >= 4 is 29.5 Å². The summed E-state index contributed by atoms with van der Waals surface area (Å²) in [6, 6.07) is 7.17. The zero-order chi connectivity index (χ0) is 24.5. The van der Waals surface area contributed by atoms with E-state index >= 15 is 0 Å². The van der Waals surface area contributed by atoms with E-state index in [2.05, 4.69) is 21.3 Å². The van der Waals surface area contributed by atoms with Crippen molar-refractivity contribution in [2.45, 2.75) is 59.0 Å². The van der Waals surface area contributed by atoms with Crippen LogP contribution in [0.1, 0.15) is 58.6 Å². The van der Waals surface area contributed by atoms with E-state index in [4.69, 9.17) is 0 Å². The van der Waals surface area contributed by atoms with Gasteiger partial charge >= 0.3 is 6.03 Å². The molecule has 4 N–H and O–H groups in total. The Morgan fingerprint density at radius 3 is 2.24 bits per heavy atom. The van der Waals surface area contributed by atoms with Gasteiger partial charge in [-0.15, -0.1) is 0 Å². The Morgan fingerprint density at radius 1 is 1.03 bits per heavy atom. The molecule has 4 atom stereocenters. The number of carbonyl (C=O) groups is 5. The lowest BCUT2D eigenvalue weighted by atomic mass is 9.85. The number of unbranched alkanes of at least 4 members (excludes halogenated alkanes) is 1. The maximum atomic E-state index is 13.1. The molecule has 5 amide bonds. The molecule has 1 saturated heterocycles. The Morgan fingerprint density at radius 2 is 1.70 bits per heavy atom. The van der Waals surface area contributed by atoms with Crippen LogP contribution in [0.25, 0.3) is 0 Å². The molecule has 0 bridgehead atoms. The molecule has 1 aliphatic rings. The summed E-state index contributed by atoms with van der Waals surface area (Å²) in [6.07, 6.45) is 1.70. The second kappa shape index (κ2) is 12.1. The largest absolute Gasteiger partial charge is 0.346 e. The quantitative estimate of drug-likeness (QED) is 0.228. The zero-order valence-electron chi connectivity index (χ0n) is 19.6. The van der Waals surface area contributed by atoms with E-state index in [-0.39, 0.29) is 18.4 Å². The molecule has 1 fully saturated rings. The lowest BCUT2D eigenvalue weighted by molar-refractivity contribution is -0.137. The fraction of sp³-hybridized carbons (Fsp3) is 0.542. The molecule has 1 aliphatic heterocycles. The molecule has 9 nitrogen and oxygen atoms in total. The Bertz CT molecular complexity index is 871. The molecule has 0 radical (unpaired) electrons. The van der Waals surface area contributed by atoms with E-state index in [1.807, 2.05) is 37.3 Å². The normalized spacial score (nSPS) is 19.5. The number of ketones is 1. The topological polar surface area (TPSA) is 133 Å². The first-order chi connectivity index (χ1) is 15.6. The van der Waals surface area contributed by atoms with Crippen LogP contribution in [-0.2, 0) is 19.2 Å². The molecule has 1 aromatic rings. The van der Waals surface area contributed by atoms with E-state index in [0.29, 0.717) is 6.54 Å². The lowest BCUT2D eigenvalue weighted by Crippen LogP contribution is -2.50. The van der Waals surface area contributed by atoms with Crippen LogP contribution in [0.2, 0.25) is 0 Å². The summed E-state index contributed by atoms with van der Waals surface area (Å²) in [5.74, 6) is -4.26. The number of Topliss-reactive ketones (excluding diaryl/α,β-unsaturated/α-hetero) is 1. The number of carbonyl (C=O) groups excluding carboxylic acids is 5. The molecule has 0 aromatic heterocycles. The zero-order valence-corrected chi connectivity index (χ0v) is 19.6. The van der Waals surface area contributed by atoms with Crippen molar-refractivity contribution in [1.82, 2.24) is 21.3 Å². The summed E-state index contributed by atoms with van der Waals surface area (Å²) in [7, 11) is 0. The first kappa shape index (κ1) is 26.0. The first-order valence-corrected chi connectivity index (χ1v) is 11.4. The highest BCUT2D eigenvalue weighted by atomic mass is 16.2. The fourth-order valence-corrected chi connectivity index (χ4v) is 3.77. The highest BCUT2D eigenvalue weighted by Gasteiger charge is 2.46. The van der Waals surface area contributed by atoms with Crippen LogP contribution < -0.4 is 21.3 Å². The van der Waals surface area contributed by atoms with Crippen LogP contribution in [0.5, 0.6) is 0 Å². The summed E-state index contributed by atoms with van der Waals surface area (Å²) in [4.78, 5) is 62.2. The number of hydrogen-bond donors (Lipinski definition) is 4. The van der Waals surface area contributed by atoms with Crippen molar-refractivity contribution in [1.29, 1.82) is 0 Å². The molecule has 33 heavy (non-hydrogen) atoms. The van der Waals surface area contributed by atoms with E-state index in [1.54, 1.807) is 13.8 Å². The smallest absolute Gasteiger partial charge is 0.315 e. The van der Waals surface area contributed by atoms with Gasteiger partial charge in [-0.25, -0.2) is 4.79 Å². The van der Waals surface area contributed by atoms with E-state index in [1.165, 1.54) is 6.92 Å². The second-order valence-corrected chi connectivity index (χ2v) is 8.73. The van der Waals surface area contributed by atoms with E-state index in [0.717, 1.165) is 18.4 Å². The number of amides is 5. The van der Waals surface area contributed by atoms with Gasteiger partial charge in [0.2, 0.25) is 17.7 Å². The minimum absolute atomic E-state index is 0.0902. The fourth-order valence-electron chi connectivity index (χ4n) is 3.77. The molecular formula is C24H34N4O5. The molecule has 1 heterocycles. The number of benzene rings is 1. The van der Waals surface area contributed by atoms with E-state index < -0.39 is 47.4 Å². The van der Waals surface area contributed by atoms with Crippen molar-refractivity contribution < 1.29 is 24.0 Å². The summed E-state index contributed by atoms with van der Waals surface area (Å²) in [5.41, 5.74) is 0.750. The number of imide groups is 1. The number of nitrogens with one attached hydrogen (secondary N) is 4. The molecule has 0 aliphatic carbocycles. The Balaban J connectivity index is 2.11. The molecule has 1 aromatic carbocycles. The van der Waals surface area contributed by atoms with Gasteiger partial charge in [0.1, 0.15) is 5.92 Å². The summed E-state index contributed by atoms with van der Waals surface area (Å²) < 4.78 is 0. The van der Waals surface area contributed by atoms with Crippen LogP contribution in [0.3, 0.4) is 0 Å². The number of rotatable bonds is 11. The Hall–Kier alpha value is -3.23. The third-order valence-corrected chi connectivity index (χ3v) is 5.75. The molecule has 2 rings (SSSR count). The van der Waals surface area contributed by atoms with E-state index in [9.17, 15) is 24.0 Å². The molecule has 0 saturated carbocycles. The van der Waals surface area contributed by atoms with Gasteiger partial charge in [-0.2, -0.15) is 0 Å². The van der Waals surface area contributed by atoms with Gasteiger partial charge < -0.3 is 16.0 Å². The number of hydrogen-bond acceptors (Lipinski definition) is 5. The maximum Gasteiger partial charge on any atom is 0.315 e. The SMILES string of the molecule is CCCCNC(=O)NC(CC(=O)N[C@H](C(=O)[C@@H]1C(=O)NC(=O)[C@H]1C)C(C)C)c1ccccc1. The predicted molar refractivity (Wildman–Crippen MR) is 123 cm³/mol. The molecule has 0 spiro atoms. The van der Waals surface area contributed by atoms with Gasteiger partial charge in [0.05, 0.1) is 24.4 Å². The molecule has 9 heteroatoms. The average Bonchev–Trinajstić information content (AvgIpc) is 3.03. The Kier molecular flexibility index (Phi) is 9.57.